The van der Waals surface area contributed by atoms with Gasteiger partial charge in [-0.2, -0.15) is 0 Å². The third-order valence-electron chi connectivity index (χ3n) is 5.05. The molecule has 0 bridgehead atoms. The second kappa shape index (κ2) is 7.59. The van der Waals surface area contributed by atoms with Gasteiger partial charge in [0.05, 0.1) is 0 Å². The van der Waals surface area contributed by atoms with Crippen molar-refractivity contribution in [2.24, 2.45) is 5.73 Å². The van der Waals surface area contributed by atoms with Gasteiger partial charge >= 0.3 is 0 Å². The number of hydrogen-bond donors (Lipinski definition) is 2. The predicted molar refractivity (Wildman–Crippen MR) is 91.9 cm³/mol. The van der Waals surface area contributed by atoms with E-state index in [1.54, 1.807) is 5.38 Å². The summed E-state index contributed by atoms with van der Waals surface area (Å²) in [4.78, 5) is 20.4. The van der Waals surface area contributed by atoms with Crippen molar-refractivity contribution in [2.75, 3.05) is 31.1 Å². The number of piperazine rings is 1. The van der Waals surface area contributed by atoms with Gasteiger partial charge in [0.1, 0.15) is 5.69 Å². The van der Waals surface area contributed by atoms with E-state index in [0.29, 0.717) is 17.8 Å². The first-order valence-corrected chi connectivity index (χ1v) is 9.44. The monoisotopic (exact) mass is 338 g/mol. The maximum Gasteiger partial charge on any atom is 0.268 e. The Balaban J connectivity index is 1.68. The first-order valence-electron chi connectivity index (χ1n) is 8.56. The van der Waals surface area contributed by atoms with Crippen LogP contribution in [-0.2, 0) is 0 Å². The molecule has 0 unspecified atom stereocenters. The maximum absolute atomic E-state index is 11.2. The number of aliphatic hydroxyl groups is 1. The average molecular weight is 338 g/mol. The Hall–Kier alpha value is -1.18. The lowest BCUT2D eigenvalue weighted by atomic mass is 9.92. The molecule has 0 radical (unpaired) electrons. The van der Waals surface area contributed by atoms with Crippen molar-refractivity contribution in [3.8, 4) is 0 Å². The molecule has 7 heteroatoms. The summed E-state index contributed by atoms with van der Waals surface area (Å²) in [5, 5.41) is 12.0. The molecule has 2 heterocycles. The number of anilines is 1. The third-order valence-corrected chi connectivity index (χ3v) is 5.95. The fraction of sp³-hybridized carbons (Fsp3) is 0.750. The van der Waals surface area contributed by atoms with Crippen molar-refractivity contribution in [3.05, 3.63) is 11.1 Å². The number of carbonyl (C=O) groups excluding carboxylic acids is 1. The maximum atomic E-state index is 11.2. The number of nitrogens with zero attached hydrogens (tertiary/aromatic N) is 3. The van der Waals surface area contributed by atoms with E-state index in [9.17, 15) is 9.90 Å². The highest BCUT2D eigenvalue weighted by Gasteiger charge is 2.33. The minimum absolute atomic E-state index is 0.214. The van der Waals surface area contributed by atoms with E-state index < -0.39 is 5.91 Å². The van der Waals surface area contributed by atoms with E-state index in [-0.39, 0.29) is 6.61 Å². The van der Waals surface area contributed by atoms with Gasteiger partial charge in [0.2, 0.25) is 0 Å². The van der Waals surface area contributed by atoms with Gasteiger partial charge < -0.3 is 15.7 Å². The van der Waals surface area contributed by atoms with Crippen LogP contribution in [0.25, 0.3) is 0 Å². The van der Waals surface area contributed by atoms with Gasteiger partial charge in [0.15, 0.2) is 5.13 Å². The SMILES string of the molecule is NC(=O)c1csc(N2CCN(C3CCCCC3)[C@H](CCO)C2)n1. The normalized spacial score (nSPS) is 24.0. The Morgan fingerprint density at radius 2 is 2.13 bits per heavy atom. The fourth-order valence-corrected chi connectivity index (χ4v) is 4.72. The number of aliphatic hydroxyl groups excluding tert-OH is 1. The Labute approximate surface area is 141 Å². The van der Waals surface area contributed by atoms with Crippen molar-refractivity contribution >= 4 is 22.4 Å². The zero-order valence-electron chi connectivity index (χ0n) is 13.5. The number of aromatic nitrogens is 1. The molecule has 1 saturated carbocycles. The molecule has 2 fully saturated rings. The summed E-state index contributed by atoms with van der Waals surface area (Å²) >= 11 is 1.47. The van der Waals surface area contributed by atoms with Crippen LogP contribution in [0.15, 0.2) is 5.38 Å². The van der Waals surface area contributed by atoms with Crippen molar-refractivity contribution in [1.29, 1.82) is 0 Å². The molecule has 1 aliphatic carbocycles. The zero-order valence-corrected chi connectivity index (χ0v) is 14.3. The van der Waals surface area contributed by atoms with E-state index in [0.717, 1.165) is 31.2 Å². The van der Waals surface area contributed by atoms with Crippen LogP contribution in [-0.4, -0.2) is 59.2 Å². The molecule has 1 aromatic heterocycles. The van der Waals surface area contributed by atoms with E-state index in [1.807, 2.05) is 0 Å². The summed E-state index contributed by atoms with van der Waals surface area (Å²) in [6.45, 7) is 3.00. The van der Waals surface area contributed by atoms with E-state index in [2.05, 4.69) is 14.8 Å². The minimum Gasteiger partial charge on any atom is -0.396 e. The number of carbonyl (C=O) groups is 1. The van der Waals surface area contributed by atoms with Gasteiger partial charge in [-0.1, -0.05) is 19.3 Å². The summed E-state index contributed by atoms with van der Waals surface area (Å²) in [6, 6.07) is 1.03. The van der Waals surface area contributed by atoms with Gasteiger partial charge in [0, 0.05) is 43.7 Å². The van der Waals surface area contributed by atoms with Crippen molar-refractivity contribution < 1.29 is 9.90 Å². The lowest BCUT2D eigenvalue weighted by Gasteiger charge is -2.46. The van der Waals surface area contributed by atoms with Gasteiger partial charge in [0.25, 0.3) is 5.91 Å². The highest BCUT2D eigenvalue weighted by molar-refractivity contribution is 7.13. The topological polar surface area (TPSA) is 82.7 Å². The Morgan fingerprint density at radius 1 is 1.35 bits per heavy atom. The molecule has 1 atom stereocenters. The summed E-state index contributed by atoms with van der Waals surface area (Å²) in [5.74, 6) is -0.472. The van der Waals surface area contributed by atoms with Crippen LogP contribution in [0.5, 0.6) is 0 Å². The van der Waals surface area contributed by atoms with Crippen LogP contribution >= 0.6 is 11.3 Å². The number of nitrogens with two attached hydrogens (primary N) is 1. The lowest BCUT2D eigenvalue weighted by Crippen LogP contribution is -2.57. The number of rotatable bonds is 5. The molecule has 128 valence electrons. The molecule has 3 N–H and O–H groups in total. The Morgan fingerprint density at radius 3 is 2.78 bits per heavy atom. The smallest absolute Gasteiger partial charge is 0.268 e. The summed E-state index contributed by atoms with van der Waals surface area (Å²) in [6.07, 6.45) is 7.36. The summed E-state index contributed by atoms with van der Waals surface area (Å²) in [5.41, 5.74) is 5.64. The average Bonchev–Trinajstić information content (AvgIpc) is 3.06. The highest BCUT2D eigenvalue weighted by Crippen LogP contribution is 2.29. The number of primary amides is 1. The van der Waals surface area contributed by atoms with Crippen molar-refractivity contribution in [1.82, 2.24) is 9.88 Å². The Kier molecular flexibility index (Phi) is 5.50. The zero-order chi connectivity index (χ0) is 16.2. The number of thiazole rings is 1. The molecule has 2 aliphatic rings. The predicted octanol–water partition coefficient (Wildman–Crippen LogP) is 1.45. The van der Waals surface area contributed by atoms with Gasteiger partial charge in [-0.05, 0) is 19.3 Å². The van der Waals surface area contributed by atoms with E-state index in [1.165, 1.54) is 43.4 Å². The second-order valence-electron chi connectivity index (χ2n) is 6.52. The van der Waals surface area contributed by atoms with Crippen LogP contribution < -0.4 is 10.6 Å². The second-order valence-corrected chi connectivity index (χ2v) is 7.36. The molecular weight excluding hydrogens is 312 g/mol. The molecule has 1 aliphatic heterocycles. The van der Waals surface area contributed by atoms with Crippen molar-refractivity contribution in [2.45, 2.75) is 50.6 Å². The molecular formula is C16H26N4O2S. The molecule has 0 spiro atoms. The molecule has 23 heavy (non-hydrogen) atoms. The molecule has 3 rings (SSSR count). The molecule has 0 aromatic carbocycles. The number of hydrogen-bond acceptors (Lipinski definition) is 6. The molecule has 6 nitrogen and oxygen atoms in total. The van der Waals surface area contributed by atoms with E-state index in [4.69, 9.17) is 5.73 Å². The van der Waals surface area contributed by atoms with Crippen LogP contribution in [0.1, 0.15) is 49.0 Å². The van der Waals surface area contributed by atoms with Gasteiger partial charge in [-0.15, -0.1) is 11.3 Å². The molecule has 1 aromatic rings. The molecule has 1 amide bonds. The Bertz CT molecular complexity index is 530. The first-order chi connectivity index (χ1) is 11.2. The quantitative estimate of drug-likeness (QED) is 0.849. The first kappa shape index (κ1) is 16.7. The van der Waals surface area contributed by atoms with Gasteiger partial charge in [-0.3, -0.25) is 9.69 Å². The lowest BCUT2D eigenvalue weighted by molar-refractivity contribution is 0.0758. The van der Waals surface area contributed by atoms with Crippen molar-refractivity contribution in [3.63, 3.8) is 0 Å². The highest BCUT2D eigenvalue weighted by atomic mass is 32.1. The standard InChI is InChI=1S/C16H26N4O2S/c17-15(22)14-11-23-16(18-14)19-7-8-20(13(10-19)6-9-21)12-4-2-1-3-5-12/h11-13,21H,1-10H2,(H2,17,22)/t13-/m1/s1. The summed E-state index contributed by atoms with van der Waals surface area (Å²) < 4.78 is 0. The minimum atomic E-state index is -0.472. The third kappa shape index (κ3) is 3.84. The number of amides is 1. The van der Waals surface area contributed by atoms with E-state index >= 15 is 0 Å². The van der Waals surface area contributed by atoms with Crippen LogP contribution in [0.2, 0.25) is 0 Å². The molecule has 1 saturated heterocycles. The largest absolute Gasteiger partial charge is 0.396 e. The van der Waals surface area contributed by atoms with Crippen LogP contribution in [0.4, 0.5) is 5.13 Å². The summed E-state index contributed by atoms with van der Waals surface area (Å²) in [7, 11) is 0. The van der Waals surface area contributed by atoms with Crippen LogP contribution in [0.3, 0.4) is 0 Å². The van der Waals surface area contributed by atoms with Gasteiger partial charge in [-0.25, -0.2) is 4.98 Å². The van der Waals surface area contributed by atoms with Crippen LogP contribution in [0, 0.1) is 0 Å². The fourth-order valence-electron chi connectivity index (χ4n) is 3.87.